The largest absolute Gasteiger partial charge is 0.340 e. The first-order valence-corrected chi connectivity index (χ1v) is 11.0. The lowest BCUT2D eigenvalue weighted by Crippen LogP contribution is -2.11. The van der Waals surface area contributed by atoms with Gasteiger partial charge >= 0.3 is 0 Å². The number of nitrogens with one attached hydrogen (secondary N) is 1. The van der Waals surface area contributed by atoms with Gasteiger partial charge in [-0.3, -0.25) is 0 Å². The molecule has 2 heterocycles. The molecule has 6 nitrogen and oxygen atoms in total. The molecule has 0 aliphatic rings. The van der Waals surface area contributed by atoms with Crippen LogP contribution in [0.3, 0.4) is 0 Å². The summed E-state index contributed by atoms with van der Waals surface area (Å²) in [6.07, 6.45) is 1.50. The topological polar surface area (TPSA) is 98.0 Å². The van der Waals surface area contributed by atoms with Crippen molar-refractivity contribution < 1.29 is 8.42 Å². The highest BCUT2D eigenvalue weighted by Gasteiger charge is 2.17. The van der Waals surface area contributed by atoms with E-state index in [9.17, 15) is 8.42 Å². The number of primary sulfonamides is 1. The van der Waals surface area contributed by atoms with Crippen LogP contribution in [0.4, 0.5) is 11.5 Å². The third kappa shape index (κ3) is 3.59. The van der Waals surface area contributed by atoms with Gasteiger partial charge < -0.3 is 5.32 Å². The Morgan fingerprint density at radius 2 is 1.71 bits per heavy atom. The van der Waals surface area contributed by atoms with Crippen LogP contribution < -0.4 is 10.5 Å². The molecule has 142 valence electrons. The van der Waals surface area contributed by atoms with E-state index in [2.05, 4.69) is 15.3 Å². The number of halogens is 1. The zero-order valence-electron chi connectivity index (χ0n) is 14.7. The van der Waals surface area contributed by atoms with E-state index in [1.165, 1.54) is 18.5 Å². The quantitative estimate of drug-likeness (QED) is 0.488. The number of aromatic nitrogens is 2. The molecule has 0 spiro atoms. The normalized spacial score (nSPS) is 11.7. The second-order valence-electron chi connectivity index (χ2n) is 6.14. The van der Waals surface area contributed by atoms with Crippen LogP contribution in [0.5, 0.6) is 0 Å². The lowest BCUT2D eigenvalue weighted by Gasteiger charge is -2.09. The summed E-state index contributed by atoms with van der Waals surface area (Å²) in [5.41, 5.74) is 2.76. The van der Waals surface area contributed by atoms with E-state index in [0.717, 1.165) is 26.2 Å². The number of benzene rings is 2. The van der Waals surface area contributed by atoms with E-state index in [4.69, 9.17) is 16.7 Å². The number of rotatable bonds is 4. The Balaban J connectivity index is 1.81. The molecule has 2 aromatic carbocycles. The Morgan fingerprint density at radius 1 is 1.04 bits per heavy atom. The number of nitrogens with zero attached hydrogens (tertiary/aromatic N) is 2. The third-order valence-electron chi connectivity index (χ3n) is 4.24. The van der Waals surface area contributed by atoms with E-state index < -0.39 is 10.0 Å². The van der Waals surface area contributed by atoms with Crippen molar-refractivity contribution in [2.24, 2.45) is 5.14 Å². The van der Waals surface area contributed by atoms with Crippen molar-refractivity contribution in [1.29, 1.82) is 0 Å². The Morgan fingerprint density at radius 3 is 2.36 bits per heavy atom. The summed E-state index contributed by atoms with van der Waals surface area (Å²) in [4.78, 5) is 10.8. The highest BCUT2D eigenvalue weighted by molar-refractivity contribution is 7.89. The summed E-state index contributed by atoms with van der Waals surface area (Å²) in [5.74, 6) is 0.641. The summed E-state index contributed by atoms with van der Waals surface area (Å²) in [6.45, 7) is 2.04. The first kappa shape index (κ1) is 18.8. The summed E-state index contributed by atoms with van der Waals surface area (Å²) in [6, 6.07) is 13.8. The molecule has 0 aliphatic carbocycles. The molecule has 0 aliphatic heterocycles. The van der Waals surface area contributed by atoms with Gasteiger partial charge in [0, 0.05) is 21.2 Å². The van der Waals surface area contributed by atoms with Gasteiger partial charge in [0.1, 0.15) is 17.0 Å². The Labute approximate surface area is 171 Å². The minimum atomic E-state index is -3.73. The van der Waals surface area contributed by atoms with Crippen LogP contribution in [-0.4, -0.2) is 18.4 Å². The van der Waals surface area contributed by atoms with Crippen molar-refractivity contribution in [3.63, 3.8) is 0 Å². The highest BCUT2D eigenvalue weighted by Crippen LogP contribution is 2.41. The van der Waals surface area contributed by atoms with Gasteiger partial charge in [0.05, 0.1) is 10.3 Å². The predicted molar refractivity (Wildman–Crippen MR) is 114 cm³/mol. The summed E-state index contributed by atoms with van der Waals surface area (Å²) in [7, 11) is -3.73. The first-order valence-electron chi connectivity index (χ1n) is 8.23. The van der Waals surface area contributed by atoms with Gasteiger partial charge in [-0.1, -0.05) is 23.7 Å². The van der Waals surface area contributed by atoms with Crippen molar-refractivity contribution >= 4 is 54.7 Å². The molecule has 0 saturated carbocycles. The summed E-state index contributed by atoms with van der Waals surface area (Å²) >= 11 is 7.62. The molecule has 0 radical (unpaired) electrons. The van der Waals surface area contributed by atoms with Gasteiger partial charge in [0.25, 0.3) is 0 Å². The van der Waals surface area contributed by atoms with Crippen LogP contribution in [0, 0.1) is 6.92 Å². The standard InChI is InChI=1S/C19H15ClN4O2S2/c1-11-16(12-2-4-13(20)5-3-12)17-18(22-10-23-19(17)27-11)24-14-6-8-15(9-7-14)28(21,25)26/h2-10H,1H3,(H2,21,25,26)(H,22,23,24). The van der Waals surface area contributed by atoms with Crippen molar-refractivity contribution in [3.05, 3.63) is 64.8 Å². The second-order valence-corrected chi connectivity index (χ2v) is 9.34. The maximum atomic E-state index is 11.4. The van der Waals surface area contributed by atoms with Gasteiger partial charge in [-0.15, -0.1) is 11.3 Å². The van der Waals surface area contributed by atoms with E-state index in [-0.39, 0.29) is 4.90 Å². The fourth-order valence-electron chi connectivity index (χ4n) is 2.97. The number of nitrogens with two attached hydrogens (primary N) is 1. The molecule has 4 rings (SSSR count). The van der Waals surface area contributed by atoms with E-state index in [1.807, 2.05) is 31.2 Å². The fraction of sp³-hybridized carbons (Fsp3) is 0.0526. The van der Waals surface area contributed by atoms with Gasteiger partial charge in [-0.05, 0) is 48.9 Å². The smallest absolute Gasteiger partial charge is 0.238 e. The zero-order valence-corrected chi connectivity index (χ0v) is 17.1. The molecule has 0 atom stereocenters. The van der Waals surface area contributed by atoms with Gasteiger partial charge in [-0.2, -0.15) is 0 Å². The molecule has 0 fully saturated rings. The van der Waals surface area contributed by atoms with Crippen LogP contribution in [0.15, 0.2) is 59.8 Å². The van der Waals surface area contributed by atoms with E-state index in [0.29, 0.717) is 16.5 Å². The zero-order chi connectivity index (χ0) is 19.9. The maximum Gasteiger partial charge on any atom is 0.238 e. The average Bonchev–Trinajstić information content (AvgIpc) is 2.99. The third-order valence-corrected chi connectivity index (χ3v) is 6.44. The molecular weight excluding hydrogens is 416 g/mol. The lowest BCUT2D eigenvalue weighted by molar-refractivity contribution is 0.598. The SMILES string of the molecule is Cc1sc2ncnc(Nc3ccc(S(N)(=O)=O)cc3)c2c1-c1ccc(Cl)cc1. The number of fused-ring (bicyclic) bond motifs is 1. The van der Waals surface area contributed by atoms with E-state index in [1.54, 1.807) is 23.5 Å². The molecule has 3 N–H and O–H groups in total. The number of anilines is 2. The average molecular weight is 431 g/mol. The molecule has 2 aromatic heterocycles. The van der Waals surface area contributed by atoms with Crippen molar-refractivity contribution in [1.82, 2.24) is 9.97 Å². The molecule has 0 saturated heterocycles. The number of sulfonamides is 1. The van der Waals surface area contributed by atoms with Crippen molar-refractivity contribution in [2.75, 3.05) is 5.32 Å². The first-order chi connectivity index (χ1) is 13.3. The van der Waals surface area contributed by atoms with Gasteiger partial charge in [-0.25, -0.2) is 23.5 Å². The van der Waals surface area contributed by atoms with Crippen LogP contribution in [0.1, 0.15) is 4.88 Å². The minimum Gasteiger partial charge on any atom is -0.340 e. The maximum absolute atomic E-state index is 11.4. The molecule has 9 heteroatoms. The van der Waals surface area contributed by atoms with Crippen LogP contribution in [0.2, 0.25) is 5.02 Å². The van der Waals surface area contributed by atoms with Crippen LogP contribution in [0.25, 0.3) is 21.3 Å². The fourth-order valence-corrected chi connectivity index (χ4v) is 4.62. The number of aryl methyl sites for hydroxylation is 1. The number of hydrogen-bond acceptors (Lipinski definition) is 6. The number of hydrogen-bond donors (Lipinski definition) is 2. The van der Waals surface area contributed by atoms with Gasteiger partial charge in [0.15, 0.2) is 0 Å². The predicted octanol–water partition coefficient (Wildman–Crippen LogP) is 4.71. The molecule has 28 heavy (non-hydrogen) atoms. The van der Waals surface area contributed by atoms with Crippen LogP contribution in [-0.2, 0) is 10.0 Å². The second kappa shape index (κ2) is 7.14. The Bertz CT molecular complexity index is 1270. The molecule has 0 amide bonds. The summed E-state index contributed by atoms with van der Waals surface area (Å²) in [5, 5.41) is 9.99. The van der Waals surface area contributed by atoms with Gasteiger partial charge in [0.2, 0.25) is 10.0 Å². The molecule has 0 unspecified atom stereocenters. The lowest BCUT2D eigenvalue weighted by atomic mass is 10.0. The minimum absolute atomic E-state index is 0.0547. The van der Waals surface area contributed by atoms with Crippen molar-refractivity contribution in [3.8, 4) is 11.1 Å². The van der Waals surface area contributed by atoms with Crippen LogP contribution >= 0.6 is 22.9 Å². The highest BCUT2D eigenvalue weighted by atomic mass is 35.5. The molecule has 0 bridgehead atoms. The van der Waals surface area contributed by atoms with Crippen molar-refractivity contribution in [2.45, 2.75) is 11.8 Å². The van der Waals surface area contributed by atoms with E-state index >= 15 is 0 Å². The summed E-state index contributed by atoms with van der Waals surface area (Å²) < 4.78 is 22.9. The Kier molecular flexibility index (Phi) is 4.80. The monoisotopic (exact) mass is 430 g/mol. The molecule has 4 aromatic rings. The Hall–Kier alpha value is -2.52. The number of thiophene rings is 1. The molecular formula is C19H15ClN4O2S2.